The number of hydrogen-bond acceptors (Lipinski definition) is 9. The van der Waals surface area contributed by atoms with Crippen LogP contribution in [0.4, 0.5) is 11.4 Å². The number of carbonyl (C=O) groups is 2. The largest absolute Gasteiger partial charge is 0.461 e. The average Bonchev–Trinajstić information content (AvgIpc) is 3.73. The number of nitroso groups, excluding NO2 is 2. The molecule has 7 unspecified atom stereocenters. The third kappa shape index (κ3) is 6.13. The smallest absolute Gasteiger partial charge is 0.309 e. The van der Waals surface area contributed by atoms with Crippen LogP contribution in [0.15, 0.2) is 40.7 Å². The minimum absolute atomic E-state index is 0.00464. The van der Waals surface area contributed by atoms with Gasteiger partial charge in [0.2, 0.25) is 0 Å². The Labute approximate surface area is 221 Å². The standard InChI is InChI=1S/C28H34N2O6S/c31-27(23-12-18-3-6-20(23)10-18)35-15-22(36-28(32)24-13-19-4-7-21(24)11-19)16-37-9-1-2-17-5-8-25(29-33)26(14-17)30-34/h4-5,7-8,14,18-24H,1-3,6,9-13,15-16H2. The van der Waals surface area contributed by atoms with Gasteiger partial charge in [0.1, 0.15) is 24.1 Å². The maximum absolute atomic E-state index is 13.0. The fourth-order valence-corrected chi connectivity index (χ4v) is 7.65. The highest BCUT2D eigenvalue weighted by Gasteiger charge is 2.44. The van der Waals surface area contributed by atoms with E-state index < -0.39 is 6.10 Å². The van der Waals surface area contributed by atoms with Gasteiger partial charge in [-0.1, -0.05) is 24.6 Å². The highest BCUT2D eigenvalue weighted by molar-refractivity contribution is 7.99. The van der Waals surface area contributed by atoms with Crippen LogP contribution in [0.2, 0.25) is 0 Å². The molecule has 1 aromatic rings. The fourth-order valence-electron chi connectivity index (χ4n) is 6.70. The molecule has 5 rings (SSSR count). The lowest BCUT2D eigenvalue weighted by molar-refractivity contribution is -0.164. The molecular formula is C28H34N2O6S. The van der Waals surface area contributed by atoms with E-state index in [9.17, 15) is 19.4 Å². The van der Waals surface area contributed by atoms with E-state index in [1.807, 2.05) is 0 Å². The van der Waals surface area contributed by atoms with Gasteiger partial charge in [0.15, 0.2) is 0 Å². The van der Waals surface area contributed by atoms with E-state index in [0.717, 1.165) is 56.3 Å². The Morgan fingerprint density at radius 2 is 1.84 bits per heavy atom. The van der Waals surface area contributed by atoms with Gasteiger partial charge in [-0.05, 0) is 102 Å². The molecule has 3 fully saturated rings. The number of thioether (sulfide) groups is 1. The summed E-state index contributed by atoms with van der Waals surface area (Å²) in [5.74, 6) is 2.86. The number of carbonyl (C=O) groups excluding carboxylic acids is 2. The molecule has 1 aromatic carbocycles. The van der Waals surface area contributed by atoms with Crippen molar-refractivity contribution in [3.8, 4) is 0 Å². The monoisotopic (exact) mass is 526 g/mol. The summed E-state index contributed by atoms with van der Waals surface area (Å²) < 4.78 is 11.6. The molecule has 4 bridgehead atoms. The predicted molar refractivity (Wildman–Crippen MR) is 142 cm³/mol. The van der Waals surface area contributed by atoms with E-state index in [4.69, 9.17) is 9.47 Å². The first kappa shape index (κ1) is 26.1. The highest BCUT2D eigenvalue weighted by Crippen LogP contribution is 2.48. The summed E-state index contributed by atoms with van der Waals surface area (Å²) in [7, 11) is 0. The lowest BCUT2D eigenvalue weighted by atomic mass is 9.89. The Hall–Kier alpha value is -2.55. The van der Waals surface area contributed by atoms with Crippen molar-refractivity contribution in [2.75, 3.05) is 18.1 Å². The van der Waals surface area contributed by atoms with Gasteiger partial charge in [0.05, 0.1) is 11.8 Å². The van der Waals surface area contributed by atoms with Gasteiger partial charge in [-0.3, -0.25) is 9.59 Å². The third-order valence-electron chi connectivity index (χ3n) is 8.61. The van der Waals surface area contributed by atoms with Gasteiger partial charge >= 0.3 is 11.9 Å². The second kappa shape index (κ2) is 11.9. The molecule has 0 saturated heterocycles. The van der Waals surface area contributed by atoms with Crippen molar-refractivity contribution in [1.82, 2.24) is 0 Å². The molecule has 7 atom stereocenters. The molecule has 0 radical (unpaired) electrons. The van der Waals surface area contributed by atoms with Crippen LogP contribution in [0, 0.1) is 45.3 Å². The Balaban J connectivity index is 1.10. The first-order valence-electron chi connectivity index (χ1n) is 13.5. The molecule has 0 aliphatic heterocycles. The molecule has 0 aromatic heterocycles. The highest BCUT2D eigenvalue weighted by atomic mass is 32.2. The average molecular weight is 527 g/mol. The summed E-state index contributed by atoms with van der Waals surface area (Å²) in [6.45, 7) is 0.108. The molecule has 37 heavy (non-hydrogen) atoms. The van der Waals surface area contributed by atoms with Gasteiger partial charge in [0, 0.05) is 5.75 Å². The topological polar surface area (TPSA) is 111 Å². The number of fused-ring (bicyclic) bond motifs is 4. The zero-order valence-electron chi connectivity index (χ0n) is 21.0. The number of aryl methyl sites for hydroxylation is 1. The van der Waals surface area contributed by atoms with Crippen LogP contribution in [-0.2, 0) is 25.5 Å². The molecule has 0 amide bonds. The van der Waals surface area contributed by atoms with Crippen molar-refractivity contribution in [1.29, 1.82) is 0 Å². The van der Waals surface area contributed by atoms with Crippen LogP contribution in [0.3, 0.4) is 0 Å². The molecule has 198 valence electrons. The second-order valence-electron chi connectivity index (χ2n) is 11.0. The first-order valence-corrected chi connectivity index (χ1v) is 14.6. The Bertz CT molecular complexity index is 1060. The number of allylic oxidation sites excluding steroid dienone is 2. The van der Waals surface area contributed by atoms with Crippen LogP contribution >= 0.6 is 11.8 Å². The molecular weight excluding hydrogens is 492 g/mol. The van der Waals surface area contributed by atoms with Crippen LogP contribution in [0.5, 0.6) is 0 Å². The van der Waals surface area contributed by atoms with E-state index in [-0.39, 0.29) is 47.7 Å². The molecule has 8 nitrogen and oxygen atoms in total. The molecule has 0 heterocycles. The van der Waals surface area contributed by atoms with Gasteiger partial charge in [0.25, 0.3) is 0 Å². The summed E-state index contributed by atoms with van der Waals surface area (Å²) in [5, 5.41) is 5.69. The van der Waals surface area contributed by atoms with Gasteiger partial charge in [-0.15, -0.1) is 9.81 Å². The minimum atomic E-state index is -0.466. The lowest BCUT2D eigenvalue weighted by Crippen LogP contribution is -2.33. The van der Waals surface area contributed by atoms with Crippen molar-refractivity contribution in [3.05, 3.63) is 45.7 Å². The zero-order chi connectivity index (χ0) is 25.8. The molecule has 4 aliphatic rings. The van der Waals surface area contributed by atoms with Crippen LogP contribution in [0.1, 0.15) is 50.5 Å². The molecule has 4 aliphatic carbocycles. The number of hydrogen-bond donors (Lipinski definition) is 0. The normalized spacial score (nSPS) is 29.8. The van der Waals surface area contributed by atoms with Crippen molar-refractivity contribution in [2.24, 2.45) is 45.9 Å². The molecule has 9 heteroatoms. The second-order valence-corrected chi connectivity index (χ2v) is 12.2. The predicted octanol–water partition coefficient (Wildman–Crippen LogP) is 6.25. The quantitative estimate of drug-likeness (QED) is 0.129. The summed E-state index contributed by atoms with van der Waals surface area (Å²) in [6.07, 6.45) is 11.7. The summed E-state index contributed by atoms with van der Waals surface area (Å²) in [4.78, 5) is 47.4. The summed E-state index contributed by atoms with van der Waals surface area (Å²) >= 11 is 1.66. The maximum Gasteiger partial charge on any atom is 0.309 e. The van der Waals surface area contributed by atoms with Crippen LogP contribution < -0.4 is 0 Å². The number of nitrogens with zero attached hydrogens (tertiary/aromatic N) is 2. The van der Waals surface area contributed by atoms with E-state index in [1.54, 1.807) is 23.9 Å². The Morgan fingerprint density at radius 3 is 2.51 bits per heavy atom. The molecule has 0 N–H and O–H groups in total. The molecule has 3 saturated carbocycles. The SMILES string of the molecule is O=Nc1ccc(CCCSCC(COC(=O)C2CC3CCC2C3)OC(=O)C2CC3C=CC2C3)cc1N=O. The van der Waals surface area contributed by atoms with E-state index >= 15 is 0 Å². The number of esters is 2. The third-order valence-corrected chi connectivity index (χ3v) is 9.80. The Morgan fingerprint density at radius 1 is 0.973 bits per heavy atom. The zero-order valence-corrected chi connectivity index (χ0v) is 21.8. The lowest BCUT2D eigenvalue weighted by Gasteiger charge is -2.24. The molecule has 0 spiro atoms. The minimum Gasteiger partial charge on any atom is -0.461 e. The van der Waals surface area contributed by atoms with Crippen molar-refractivity contribution >= 4 is 35.1 Å². The first-order chi connectivity index (χ1) is 18.0. The number of ether oxygens (including phenoxy) is 2. The van der Waals surface area contributed by atoms with Gasteiger partial charge in [-0.2, -0.15) is 11.8 Å². The van der Waals surface area contributed by atoms with Gasteiger partial charge in [-0.25, -0.2) is 0 Å². The van der Waals surface area contributed by atoms with E-state index in [1.165, 1.54) is 12.5 Å². The van der Waals surface area contributed by atoms with Crippen LogP contribution in [-0.4, -0.2) is 36.2 Å². The van der Waals surface area contributed by atoms with E-state index in [2.05, 4.69) is 22.5 Å². The van der Waals surface area contributed by atoms with Gasteiger partial charge < -0.3 is 9.47 Å². The Kier molecular flexibility index (Phi) is 8.37. The van der Waals surface area contributed by atoms with Crippen molar-refractivity contribution < 1.29 is 19.1 Å². The fraction of sp³-hybridized carbons (Fsp3) is 0.643. The van der Waals surface area contributed by atoms with E-state index in [0.29, 0.717) is 23.5 Å². The summed E-state index contributed by atoms with van der Waals surface area (Å²) in [6, 6.07) is 4.88. The van der Waals surface area contributed by atoms with Crippen molar-refractivity contribution in [2.45, 2.75) is 57.5 Å². The maximum atomic E-state index is 13.0. The summed E-state index contributed by atoms with van der Waals surface area (Å²) in [5.41, 5.74) is 1.01. The van der Waals surface area contributed by atoms with Crippen LogP contribution in [0.25, 0.3) is 0 Å². The number of rotatable bonds is 13. The van der Waals surface area contributed by atoms with Crippen molar-refractivity contribution in [3.63, 3.8) is 0 Å². The number of benzene rings is 1.